The number of amides is 2. The Labute approximate surface area is 227 Å². The van der Waals surface area contributed by atoms with Gasteiger partial charge in [-0.25, -0.2) is 14.8 Å². The largest absolute Gasteiger partial charge is 0.495 e. The first kappa shape index (κ1) is 26.9. The molecule has 3 heterocycles. The van der Waals surface area contributed by atoms with E-state index in [1.807, 2.05) is 5.38 Å². The molecule has 0 saturated heterocycles. The summed E-state index contributed by atoms with van der Waals surface area (Å²) in [4.78, 5) is 30.2. The maximum Gasteiger partial charge on any atom is 0.330 e. The first-order valence-electron chi connectivity index (χ1n) is 11.1. The molecule has 0 fully saturated rings. The Morgan fingerprint density at radius 1 is 1.24 bits per heavy atom. The summed E-state index contributed by atoms with van der Waals surface area (Å²) in [6, 6.07) is 1.16. The van der Waals surface area contributed by atoms with Crippen LogP contribution in [0.1, 0.15) is 11.3 Å². The molecular weight excluding hydrogens is 541 g/mol. The van der Waals surface area contributed by atoms with Gasteiger partial charge in [-0.1, -0.05) is 29.8 Å². The molecule has 0 aliphatic carbocycles. The van der Waals surface area contributed by atoms with Crippen molar-refractivity contribution in [3.8, 4) is 11.5 Å². The van der Waals surface area contributed by atoms with Crippen LogP contribution < -0.4 is 29.9 Å². The number of benzene rings is 1. The quantitative estimate of drug-likeness (QED) is 0.180. The molecule has 1 atom stereocenters. The summed E-state index contributed by atoms with van der Waals surface area (Å²) in [5, 5.41) is 17.7. The lowest BCUT2D eigenvalue weighted by atomic mass is 10.1. The number of anilines is 3. The normalized spacial score (nSPS) is 13.8. The number of fused-ring (bicyclic) bond motifs is 1. The van der Waals surface area contributed by atoms with Crippen molar-refractivity contribution < 1.29 is 19.4 Å². The molecule has 196 valence electrons. The van der Waals surface area contributed by atoms with Gasteiger partial charge in [0.2, 0.25) is 5.95 Å². The summed E-state index contributed by atoms with van der Waals surface area (Å²) in [5.41, 5.74) is 3.32. The van der Waals surface area contributed by atoms with E-state index in [0.717, 1.165) is 0 Å². The molecule has 3 aromatic rings. The smallest absolute Gasteiger partial charge is 0.330 e. The van der Waals surface area contributed by atoms with Gasteiger partial charge in [-0.05, 0) is 6.08 Å². The average molecular weight is 566 g/mol. The molecule has 11 nitrogen and oxygen atoms in total. The third-order valence-electron chi connectivity index (χ3n) is 5.50. The summed E-state index contributed by atoms with van der Waals surface area (Å²) in [5.74, 6) is 1.40. The molecule has 0 radical (unpaired) electrons. The number of carbonyl (C=O) groups excluding carboxylic acids is 1. The summed E-state index contributed by atoms with van der Waals surface area (Å²) in [6.45, 7) is 4.68. The van der Waals surface area contributed by atoms with Crippen LogP contribution in [0.25, 0.3) is 0 Å². The standard InChI is InChI=1S/C23H25Cl2N7O4S/c1-4-17(33)26-5-6-27-22-28-8-13-9-31(20-18(24)15(35-2)7-16(36-3)19(20)25)23(34)32(21(13)30-22)10-14-11-37-12-29-14/h4,7-8,11-12,17,26,33H,1,5-6,9-10H2,2-3H3,(H,27,28,30). The minimum absolute atomic E-state index is 0.116. The van der Waals surface area contributed by atoms with E-state index < -0.39 is 12.3 Å². The molecular formula is C23H25Cl2N7O4S. The van der Waals surface area contributed by atoms with Crippen molar-refractivity contribution in [3.63, 3.8) is 0 Å². The number of ether oxygens (including phenoxy) is 2. The predicted octanol–water partition coefficient (Wildman–Crippen LogP) is 3.91. The number of urea groups is 1. The molecule has 14 heteroatoms. The van der Waals surface area contributed by atoms with Gasteiger partial charge < -0.3 is 19.9 Å². The summed E-state index contributed by atoms with van der Waals surface area (Å²) in [6.07, 6.45) is 2.22. The van der Waals surface area contributed by atoms with Crippen molar-refractivity contribution in [2.24, 2.45) is 0 Å². The lowest BCUT2D eigenvalue weighted by Gasteiger charge is -2.36. The van der Waals surface area contributed by atoms with E-state index in [9.17, 15) is 9.90 Å². The zero-order valence-corrected chi connectivity index (χ0v) is 22.4. The van der Waals surface area contributed by atoms with Crippen LogP contribution in [0, 0.1) is 0 Å². The number of carbonyl (C=O) groups is 1. The highest BCUT2D eigenvalue weighted by Crippen LogP contribution is 2.48. The maximum absolute atomic E-state index is 13.9. The van der Waals surface area contributed by atoms with Crippen LogP contribution in [0.3, 0.4) is 0 Å². The predicted molar refractivity (Wildman–Crippen MR) is 144 cm³/mol. The third-order valence-corrected chi connectivity index (χ3v) is 6.86. The van der Waals surface area contributed by atoms with E-state index in [0.29, 0.717) is 47.6 Å². The lowest BCUT2D eigenvalue weighted by molar-refractivity contribution is 0.187. The molecule has 1 aliphatic heterocycles. The van der Waals surface area contributed by atoms with Gasteiger partial charge in [-0.3, -0.25) is 15.1 Å². The van der Waals surface area contributed by atoms with E-state index in [1.54, 1.807) is 17.8 Å². The Kier molecular flexibility index (Phi) is 8.67. The molecule has 0 spiro atoms. The Balaban J connectivity index is 1.70. The number of rotatable bonds is 11. The van der Waals surface area contributed by atoms with Crippen molar-refractivity contribution in [1.29, 1.82) is 0 Å². The fraction of sp³-hybridized carbons (Fsp3) is 0.304. The first-order valence-corrected chi connectivity index (χ1v) is 12.8. The molecule has 37 heavy (non-hydrogen) atoms. The molecule has 0 saturated carbocycles. The highest BCUT2D eigenvalue weighted by atomic mass is 35.5. The first-order chi connectivity index (χ1) is 17.9. The van der Waals surface area contributed by atoms with Crippen LogP contribution in [0.15, 0.2) is 35.8 Å². The Morgan fingerprint density at radius 3 is 2.59 bits per heavy atom. The van der Waals surface area contributed by atoms with Gasteiger partial charge in [0, 0.05) is 36.3 Å². The van der Waals surface area contributed by atoms with E-state index in [-0.39, 0.29) is 28.8 Å². The highest BCUT2D eigenvalue weighted by Gasteiger charge is 2.37. The zero-order chi connectivity index (χ0) is 26.5. The molecule has 2 aromatic heterocycles. The SMILES string of the molecule is C=CC(O)NCCNc1ncc2c(n1)N(Cc1cscn1)C(=O)N(c1c(Cl)c(OC)cc(OC)c1Cl)C2. The van der Waals surface area contributed by atoms with Crippen LogP contribution >= 0.6 is 34.5 Å². The number of halogens is 2. The van der Waals surface area contributed by atoms with Crippen molar-refractivity contribution in [2.75, 3.05) is 42.4 Å². The minimum atomic E-state index is -0.808. The Morgan fingerprint density at radius 2 is 1.97 bits per heavy atom. The van der Waals surface area contributed by atoms with Crippen LogP contribution in [-0.4, -0.2) is 59.6 Å². The molecule has 3 N–H and O–H groups in total. The van der Waals surface area contributed by atoms with Crippen LogP contribution in [0.5, 0.6) is 11.5 Å². The molecule has 1 aromatic carbocycles. The van der Waals surface area contributed by atoms with Gasteiger partial charge in [-0.15, -0.1) is 11.3 Å². The van der Waals surface area contributed by atoms with Gasteiger partial charge in [0.1, 0.15) is 33.6 Å². The van der Waals surface area contributed by atoms with Crippen molar-refractivity contribution >= 4 is 58.0 Å². The second-order valence-electron chi connectivity index (χ2n) is 7.80. The monoisotopic (exact) mass is 565 g/mol. The number of aliphatic hydroxyl groups excluding tert-OH is 1. The molecule has 1 aliphatic rings. The third kappa shape index (κ3) is 5.73. The van der Waals surface area contributed by atoms with Crippen LogP contribution in [0.2, 0.25) is 10.0 Å². The fourth-order valence-corrected chi connectivity index (χ4v) is 4.94. The Bertz CT molecular complexity index is 1250. The summed E-state index contributed by atoms with van der Waals surface area (Å²) >= 11 is 14.7. The van der Waals surface area contributed by atoms with E-state index in [4.69, 9.17) is 32.7 Å². The molecule has 4 rings (SSSR count). The van der Waals surface area contributed by atoms with Gasteiger partial charge >= 0.3 is 6.03 Å². The molecule has 2 amide bonds. The summed E-state index contributed by atoms with van der Waals surface area (Å²) in [7, 11) is 2.94. The number of methoxy groups -OCH3 is 2. The Hall–Kier alpha value is -3.16. The second-order valence-corrected chi connectivity index (χ2v) is 9.27. The van der Waals surface area contributed by atoms with Crippen molar-refractivity contribution in [1.82, 2.24) is 20.3 Å². The number of hydrogen-bond acceptors (Lipinski definition) is 10. The number of thiazole rings is 1. The second kappa shape index (κ2) is 11.9. The molecule has 1 unspecified atom stereocenters. The van der Waals surface area contributed by atoms with Crippen molar-refractivity contribution in [3.05, 3.63) is 57.1 Å². The highest BCUT2D eigenvalue weighted by molar-refractivity contribution is 7.07. The average Bonchev–Trinajstić information content (AvgIpc) is 3.42. The number of nitrogens with one attached hydrogen (secondary N) is 2. The van der Waals surface area contributed by atoms with E-state index in [1.165, 1.54) is 41.4 Å². The minimum Gasteiger partial charge on any atom is -0.495 e. The van der Waals surface area contributed by atoms with Crippen LogP contribution in [0.4, 0.5) is 22.2 Å². The van der Waals surface area contributed by atoms with Crippen LogP contribution in [-0.2, 0) is 13.1 Å². The van der Waals surface area contributed by atoms with Gasteiger partial charge in [0.25, 0.3) is 0 Å². The number of nitrogens with zero attached hydrogens (tertiary/aromatic N) is 5. The van der Waals surface area contributed by atoms with Gasteiger partial charge in [-0.2, -0.15) is 4.98 Å². The maximum atomic E-state index is 13.9. The fourth-order valence-electron chi connectivity index (χ4n) is 3.68. The number of hydrogen-bond donors (Lipinski definition) is 3. The topological polar surface area (TPSA) is 125 Å². The number of aliphatic hydroxyl groups is 1. The number of aromatic nitrogens is 3. The van der Waals surface area contributed by atoms with Gasteiger partial charge in [0.05, 0.1) is 44.2 Å². The molecule has 0 bridgehead atoms. The zero-order valence-electron chi connectivity index (χ0n) is 20.1. The van der Waals surface area contributed by atoms with E-state index >= 15 is 0 Å². The van der Waals surface area contributed by atoms with Gasteiger partial charge in [0.15, 0.2) is 0 Å². The van der Waals surface area contributed by atoms with Crippen molar-refractivity contribution in [2.45, 2.75) is 19.3 Å². The lowest BCUT2D eigenvalue weighted by Crippen LogP contribution is -2.48. The van der Waals surface area contributed by atoms with E-state index in [2.05, 4.69) is 32.2 Å². The summed E-state index contributed by atoms with van der Waals surface area (Å²) < 4.78 is 10.8.